The molecule has 1 unspecified atom stereocenters. The highest BCUT2D eigenvalue weighted by Gasteiger charge is 2.37. The zero-order valence-electron chi connectivity index (χ0n) is 21.8. The van der Waals surface area contributed by atoms with Crippen molar-refractivity contribution in [1.29, 1.82) is 5.26 Å². The third-order valence-electron chi connectivity index (χ3n) is 5.83. The third-order valence-corrected chi connectivity index (χ3v) is 7.34. The molecule has 3 aromatic heterocycles. The molecule has 214 valence electrons. The highest BCUT2D eigenvalue weighted by Crippen LogP contribution is 2.38. The Morgan fingerprint density at radius 2 is 1.83 bits per heavy atom. The predicted octanol–water partition coefficient (Wildman–Crippen LogP) is 7.78. The number of carbonyl (C=O) groups excluding carboxylic acids is 1. The van der Waals surface area contributed by atoms with Gasteiger partial charge in [0, 0.05) is 33.8 Å². The van der Waals surface area contributed by atoms with Gasteiger partial charge in [-0.25, -0.2) is 8.78 Å². The number of nitrogens with one attached hydrogen (secondary N) is 1. The first kappa shape index (κ1) is 31.4. The van der Waals surface area contributed by atoms with Crippen molar-refractivity contribution in [3.63, 3.8) is 0 Å². The first-order chi connectivity index (χ1) is 19.4. The molecule has 0 radical (unpaired) electrons. The van der Waals surface area contributed by atoms with E-state index in [1.54, 1.807) is 25.3 Å². The molecule has 0 saturated heterocycles. The summed E-state index contributed by atoms with van der Waals surface area (Å²) in [4.78, 5) is 27.5. The van der Waals surface area contributed by atoms with E-state index in [-0.39, 0.29) is 22.6 Å². The van der Waals surface area contributed by atoms with E-state index < -0.39 is 47.1 Å². The van der Waals surface area contributed by atoms with Crippen molar-refractivity contribution in [2.75, 3.05) is 0 Å². The molecule has 0 aliphatic rings. The normalized spacial score (nSPS) is 11.7. The Hall–Kier alpha value is -4.15. The number of alkyl halides is 3. The Bertz CT molecular complexity index is 1740. The molecule has 4 rings (SSSR count). The van der Waals surface area contributed by atoms with E-state index in [4.69, 9.17) is 17.0 Å². The van der Waals surface area contributed by atoms with Crippen LogP contribution >= 0.6 is 23.6 Å². The summed E-state index contributed by atoms with van der Waals surface area (Å²) in [7, 11) is 0. The lowest BCUT2D eigenvalue weighted by Gasteiger charge is -2.17. The molecule has 0 fully saturated rings. The van der Waals surface area contributed by atoms with Crippen molar-refractivity contribution in [3.05, 3.63) is 97.5 Å². The molecule has 1 aromatic carbocycles. The number of pyridine rings is 2. The van der Waals surface area contributed by atoms with Crippen LogP contribution in [0.2, 0.25) is 0 Å². The summed E-state index contributed by atoms with van der Waals surface area (Å²) in [5, 5.41) is 9.36. The Kier molecular flexibility index (Phi) is 9.96. The van der Waals surface area contributed by atoms with Gasteiger partial charge in [-0.05, 0) is 37.3 Å². The maximum absolute atomic E-state index is 14.4. The van der Waals surface area contributed by atoms with Crippen LogP contribution < -0.4 is 5.56 Å². The van der Waals surface area contributed by atoms with Gasteiger partial charge in [0.25, 0.3) is 12.0 Å². The van der Waals surface area contributed by atoms with E-state index in [1.807, 2.05) is 13.8 Å². The maximum Gasteiger partial charge on any atom is 0.417 e. The standard InChI is InChI=1S/C26H16F5N3O3S2.C2H6/c1-13(37-12-35)17-6-15(10-33-24(17)38)22-4-5-23(39-22)21-8-19(26(29,30)31)18(9-32)25(36)34(21)11-14-2-3-16(27)7-20(14)28;1-2/h2-8,10,12-13H,11H2,1H3,(H,33,38);1-2H3. The van der Waals surface area contributed by atoms with Crippen LogP contribution in [0.15, 0.2) is 53.5 Å². The van der Waals surface area contributed by atoms with E-state index in [0.29, 0.717) is 32.8 Å². The first-order valence-corrected chi connectivity index (χ1v) is 13.3. The molecule has 0 aliphatic carbocycles. The minimum atomic E-state index is -5.02. The van der Waals surface area contributed by atoms with Crippen LogP contribution in [0.25, 0.3) is 21.0 Å². The number of carbonyl (C=O) groups is 1. The second kappa shape index (κ2) is 13.0. The van der Waals surface area contributed by atoms with Crippen LogP contribution in [-0.2, 0) is 22.3 Å². The number of hydrogen-bond donors (Lipinski definition) is 1. The fourth-order valence-corrected chi connectivity index (χ4v) is 5.19. The van der Waals surface area contributed by atoms with Crippen molar-refractivity contribution in [3.8, 4) is 27.1 Å². The zero-order chi connectivity index (χ0) is 30.5. The number of aromatic amines is 1. The topological polar surface area (TPSA) is 87.9 Å². The SMILES string of the molecule is CC.CC(OC=O)c1cc(-c2ccc(-c3cc(C(F)(F)F)c(C#N)c(=O)n3Cc3ccc(F)cc3F)s2)c[nH]c1=S. The highest BCUT2D eigenvalue weighted by molar-refractivity contribution is 7.71. The smallest absolute Gasteiger partial charge is 0.417 e. The summed E-state index contributed by atoms with van der Waals surface area (Å²) in [6.07, 6.45) is -4.12. The Morgan fingerprint density at radius 1 is 1.15 bits per heavy atom. The predicted molar refractivity (Wildman–Crippen MR) is 147 cm³/mol. The summed E-state index contributed by atoms with van der Waals surface area (Å²) >= 11 is 6.27. The molecular formula is C28H22F5N3O3S2. The van der Waals surface area contributed by atoms with Crippen molar-refractivity contribution in [2.24, 2.45) is 0 Å². The molecule has 0 spiro atoms. The van der Waals surface area contributed by atoms with Crippen LogP contribution in [0, 0.1) is 27.6 Å². The van der Waals surface area contributed by atoms with E-state index in [0.717, 1.165) is 28.0 Å². The van der Waals surface area contributed by atoms with Gasteiger partial charge in [-0.3, -0.25) is 9.59 Å². The number of aromatic nitrogens is 2. The third kappa shape index (κ3) is 6.78. The monoisotopic (exact) mass is 607 g/mol. The lowest BCUT2D eigenvalue weighted by molar-refractivity contribution is -0.138. The lowest BCUT2D eigenvalue weighted by Crippen LogP contribution is -2.28. The molecule has 0 amide bonds. The van der Waals surface area contributed by atoms with E-state index in [2.05, 4.69) is 4.98 Å². The molecule has 1 N–H and O–H groups in total. The molecule has 0 saturated carbocycles. The van der Waals surface area contributed by atoms with Crippen LogP contribution in [0.1, 0.15) is 49.1 Å². The summed E-state index contributed by atoms with van der Waals surface area (Å²) in [6.45, 7) is 5.34. The van der Waals surface area contributed by atoms with E-state index in [1.165, 1.54) is 12.1 Å². The molecule has 13 heteroatoms. The van der Waals surface area contributed by atoms with Crippen molar-refractivity contribution >= 4 is 30.0 Å². The van der Waals surface area contributed by atoms with Gasteiger partial charge in [-0.2, -0.15) is 18.4 Å². The summed E-state index contributed by atoms with van der Waals surface area (Å²) < 4.78 is 75.4. The van der Waals surface area contributed by atoms with Gasteiger partial charge in [0.05, 0.1) is 22.7 Å². The fourth-order valence-electron chi connectivity index (χ4n) is 3.89. The number of ether oxygens (including phenoxy) is 1. The summed E-state index contributed by atoms with van der Waals surface area (Å²) in [5.74, 6) is -1.87. The Balaban J connectivity index is 0.00000226. The number of halogens is 5. The van der Waals surface area contributed by atoms with E-state index >= 15 is 0 Å². The number of rotatable bonds is 7. The number of H-pyrrole nitrogens is 1. The molecule has 0 bridgehead atoms. The van der Waals surface area contributed by atoms with Crippen LogP contribution in [0.4, 0.5) is 22.0 Å². The molecule has 4 aromatic rings. The van der Waals surface area contributed by atoms with Gasteiger partial charge in [0.2, 0.25) is 0 Å². The second-order valence-electron chi connectivity index (χ2n) is 8.27. The molecular weight excluding hydrogens is 585 g/mol. The molecule has 6 nitrogen and oxygen atoms in total. The molecule has 3 heterocycles. The number of nitrogens with zero attached hydrogens (tertiary/aromatic N) is 2. The van der Waals surface area contributed by atoms with Crippen LogP contribution in [0.3, 0.4) is 0 Å². The fraction of sp³-hybridized carbons (Fsp3) is 0.214. The Labute approximate surface area is 240 Å². The van der Waals surface area contributed by atoms with Gasteiger partial charge in [0.15, 0.2) is 0 Å². The number of hydrogen-bond acceptors (Lipinski definition) is 6. The van der Waals surface area contributed by atoms with Crippen molar-refractivity contribution in [2.45, 2.75) is 39.6 Å². The van der Waals surface area contributed by atoms with E-state index in [9.17, 15) is 36.8 Å². The molecule has 1 atom stereocenters. The summed E-state index contributed by atoms with van der Waals surface area (Å²) in [5.41, 5.74) is -3.16. The minimum Gasteiger partial charge on any atom is -0.460 e. The molecule has 41 heavy (non-hydrogen) atoms. The number of nitriles is 1. The van der Waals surface area contributed by atoms with Gasteiger partial charge in [-0.1, -0.05) is 32.1 Å². The second-order valence-corrected chi connectivity index (χ2v) is 9.76. The van der Waals surface area contributed by atoms with Gasteiger partial charge < -0.3 is 14.3 Å². The van der Waals surface area contributed by atoms with Crippen molar-refractivity contribution in [1.82, 2.24) is 9.55 Å². The number of benzene rings is 1. The van der Waals surface area contributed by atoms with Crippen molar-refractivity contribution < 1.29 is 31.5 Å². The molecule has 0 aliphatic heterocycles. The quantitative estimate of drug-likeness (QED) is 0.132. The van der Waals surface area contributed by atoms with Crippen LogP contribution in [-0.4, -0.2) is 16.0 Å². The average Bonchev–Trinajstić information content (AvgIpc) is 3.42. The van der Waals surface area contributed by atoms with Gasteiger partial charge in [-0.15, -0.1) is 11.3 Å². The minimum absolute atomic E-state index is 0.162. The number of thiophene rings is 1. The van der Waals surface area contributed by atoms with Gasteiger partial charge in [0.1, 0.15) is 34.0 Å². The average molecular weight is 608 g/mol. The largest absolute Gasteiger partial charge is 0.460 e. The maximum atomic E-state index is 14.4. The highest BCUT2D eigenvalue weighted by atomic mass is 32.1. The lowest BCUT2D eigenvalue weighted by atomic mass is 10.1. The zero-order valence-corrected chi connectivity index (χ0v) is 23.4. The summed E-state index contributed by atoms with van der Waals surface area (Å²) in [6, 6.07) is 9.32. The van der Waals surface area contributed by atoms with Crippen LogP contribution in [0.5, 0.6) is 0 Å². The Morgan fingerprint density at radius 3 is 2.44 bits per heavy atom. The van der Waals surface area contributed by atoms with Gasteiger partial charge >= 0.3 is 6.18 Å². The first-order valence-electron chi connectivity index (χ1n) is 12.1.